The van der Waals surface area contributed by atoms with Crippen molar-refractivity contribution in [2.24, 2.45) is 21.6 Å². The predicted octanol–water partition coefficient (Wildman–Crippen LogP) is -1.45. The summed E-state index contributed by atoms with van der Waals surface area (Å²) in [5, 5.41) is 11.7. The Morgan fingerprint density at radius 3 is 2.67 bits per heavy atom. The fourth-order valence-electron chi connectivity index (χ4n) is 0.836. The van der Waals surface area contributed by atoms with Gasteiger partial charge in [-0.25, -0.2) is 4.79 Å². The highest BCUT2D eigenvalue weighted by Crippen LogP contribution is 1.95. The number of guanidine groups is 1. The number of nitrogens with two attached hydrogens (primary N) is 2. The van der Waals surface area contributed by atoms with E-state index in [0.717, 1.165) is 0 Å². The maximum Gasteiger partial charge on any atom is 0.354 e. The zero-order chi connectivity index (χ0) is 11.7. The standard InChI is InChI=1S/C7H15N5O3/c1-15-6(13)5(11-12-14)3-2-4-10-7(8)9/h12,14H,2-4H2,1H3,(H4,8,9,10). The SMILES string of the molecule is COC(=O)C(CCCN=C(N)N)=NNO. The molecule has 0 amide bonds. The van der Waals surface area contributed by atoms with Gasteiger partial charge in [-0.3, -0.25) is 10.2 Å². The molecular formula is C7H15N5O3. The second-order valence-corrected chi connectivity index (χ2v) is 2.56. The highest BCUT2D eigenvalue weighted by molar-refractivity contribution is 6.36. The third-order valence-electron chi connectivity index (χ3n) is 1.47. The molecule has 0 aromatic rings. The number of hydrogen-bond acceptors (Lipinski definition) is 6. The molecule has 0 aliphatic carbocycles. The number of hydrogen-bond donors (Lipinski definition) is 4. The van der Waals surface area contributed by atoms with E-state index in [1.54, 1.807) is 0 Å². The van der Waals surface area contributed by atoms with Crippen LogP contribution in [-0.2, 0) is 9.53 Å². The molecule has 0 aromatic carbocycles. The van der Waals surface area contributed by atoms with Crippen LogP contribution >= 0.6 is 0 Å². The quantitative estimate of drug-likeness (QED) is 0.141. The number of aliphatic imine (C=N–C) groups is 1. The Bertz CT molecular complexity index is 259. The van der Waals surface area contributed by atoms with Gasteiger partial charge in [0.2, 0.25) is 0 Å². The van der Waals surface area contributed by atoms with Gasteiger partial charge in [0.25, 0.3) is 0 Å². The van der Waals surface area contributed by atoms with Gasteiger partial charge in [-0.15, -0.1) is 0 Å². The van der Waals surface area contributed by atoms with Crippen LogP contribution < -0.4 is 17.1 Å². The number of carbonyl (C=O) groups is 1. The van der Waals surface area contributed by atoms with E-state index in [2.05, 4.69) is 14.8 Å². The van der Waals surface area contributed by atoms with Gasteiger partial charge in [0.15, 0.2) is 5.96 Å². The average Bonchev–Trinajstić information content (AvgIpc) is 2.21. The lowest BCUT2D eigenvalue weighted by Gasteiger charge is -2.02. The van der Waals surface area contributed by atoms with Crippen molar-refractivity contribution in [1.29, 1.82) is 0 Å². The Hall–Kier alpha value is -1.83. The van der Waals surface area contributed by atoms with Crippen molar-refractivity contribution in [1.82, 2.24) is 5.59 Å². The van der Waals surface area contributed by atoms with Crippen LogP contribution in [0.5, 0.6) is 0 Å². The highest BCUT2D eigenvalue weighted by atomic mass is 16.5. The molecule has 0 heterocycles. The summed E-state index contributed by atoms with van der Waals surface area (Å²) in [6, 6.07) is 0. The minimum Gasteiger partial charge on any atom is -0.464 e. The molecule has 0 saturated carbocycles. The van der Waals surface area contributed by atoms with E-state index in [1.807, 2.05) is 0 Å². The van der Waals surface area contributed by atoms with E-state index in [-0.39, 0.29) is 11.7 Å². The molecule has 0 bridgehead atoms. The molecule has 0 atom stereocenters. The first kappa shape index (κ1) is 13.2. The molecule has 86 valence electrons. The number of nitrogens with one attached hydrogen (secondary N) is 1. The third-order valence-corrected chi connectivity index (χ3v) is 1.47. The minimum absolute atomic E-state index is 0.00756. The molecule has 0 saturated heterocycles. The van der Waals surface area contributed by atoms with E-state index in [4.69, 9.17) is 16.7 Å². The van der Waals surface area contributed by atoms with Gasteiger partial charge in [-0.05, 0) is 6.42 Å². The highest BCUT2D eigenvalue weighted by Gasteiger charge is 2.10. The molecule has 0 spiro atoms. The molecule has 15 heavy (non-hydrogen) atoms. The lowest BCUT2D eigenvalue weighted by atomic mass is 10.2. The van der Waals surface area contributed by atoms with Crippen LogP contribution in [0.3, 0.4) is 0 Å². The van der Waals surface area contributed by atoms with Crippen LogP contribution in [0.2, 0.25) is 0 Å². The maximum absolute atomic E-state index is 11.0. The second-order valence-electron chi connectivity index (χ2n) is 2.56. The Kier molecular flexibility index (Phi) is 6.64. The molecule has 0 rings (SSSR count). The fraction of sp³-hybridized carbons (Fsp3) is 0.571. The van der Waals surface area contributed by atoms with Gasteiger partial charge in [0, 0.05) is 13.0 Å². The number of rotatable bonds is 6. The van der Waals surface area contributed by atoms with Crippen LogP contribution in [-0.4, -0.2) is 36.5 Å². The molecule has 0 unspecified atom stereocenters. The fourth-order valence-corrected chi connectivity index (χ4v) is 0.836. The summed E-state index contributed by atoms with van der Waals surface area (Å²) in [4.78, 5) is 14.8. The normalized spacial score (nSPS) is 10.7. The number of hydrazone groups is 1. The summed E-state index contributed by atoms with van der Waals surface area (Å²) < 4.78 is 4.44. The zero-order valence-electron chi connectivity index (χ0n) is 8.43. The van der Waals surface area contributed by atoms with E-state index < -0.39 is 5.97 Å². The van der Waals surface area contributed by atoms with Crippen LogP contribution in [0, 0.1) is 0 Å². The lowest BCUT2D eigenvalue weighted by Crippen LogP contribution is -2.23. The van der Waals surface area contributed by atoms with Crippen LogP contribution in [0.4, 0.5) is 0 Å². The zero-order valence-corrected chi connectivity index (χ0v) is 8.43. The lowest BCUT2D eigenvalue weighted by molar-refractivity contribution is -0.132. The molecule has 0 fully saturated rings. The monoisotopic (exact) mass is 217 g/mol. The number of nitrogens with zero attached hydrogens (tertiary/aromatic N) is 2. The smallest absolute Gasteiger partial charge is 0.354 e. The van der Waals surface area contributed by atoms with Gasteiger partial charge in [-0.2, -0.15) is 10.7 Å². The Morgan fingerprint density at radius 2 is 2.20 bits per heavy atom. The molecule has 0 aliphatic rings. The van der Waals surface area contributed by atoms with Crippen LogP contribution in [0.15, 0.2) is 10.1 Å². The third kappa shape index (κ3) is 6.27. The average molecular weight is 217 g/mol. The molecule has 8 nitrogen and oxygen atoms in total. The van der Waals surface area contributed by atoms with Gasteiger partial charge in [0.05, 0.1) is 7.11 Å². The number of ether oxygens (including phenoxy) is 1. The number of methoxy groups -OCH3 is 1. The van der Waals surface area contributed by atoms with Crippen molar-refractivity contribution in [2.75, 3.05) is 13.7 Å². The van der Waals surface area contributed by atoms with Crippen molar-refractivity contribution in [3.05, 3.63) is 0 Å². The summed E-state index contributed by atoms with van der Waals surface area (Å²) in [5.41, 5.74) is 11.8. The van der Waals surface area contributed by atoms with Gasteiger partial charge in [-0.1, -0.05) is 0 Å². The summed E-state index contributed by atoms with van der Waals surface area (Å²) in [6.07, 6.45) is 0.824. The maximum atomic E-state index is 11.0. The van der Waals surface area contributed by atoms with Crippen molar-refractivity contribution >= 4 is 17.6 Å². The van der Waals surface area contributed by atoms with Gasteiger partial charge >= 0.3 is 5.97 Å². The summed E-state index contributed by atoms with van der Waals surface area (Å²) in [7, 11) is 1.23. The predicted molar refractivity (Wildman–Crippen MR) is 54.3 cm³/mol. The Balaban J connectivity index is 4.04. The molecule has 8 heteroatoms. The second kappa shape index (κ2) is 7.56. The Morgan fingerprint density at radius 1 is 1.53 bits per heavy atom. The van der Waals surface area contributed by atoms with Gasteiger partial charge < -0.3 is 16.2 Å². The molecule has 0 aromatic heterocycles. The number of esters is 1. The van der Waals surface area contributed by atoms with E-state index in [0.29, 0.717) is 19.4 Å². The number of carbonyl (C=O) groups excluding carboxylic acids is 1. The minimum atomic E-state index is -0.610. The largest absolute Gasteiger partial charge is 0.464 e. The molecule has 0 radical (unpaired) electrons. The van der Waals surface area contributed by atoms with Crippen LogP contribution in [0.25, 0.3) is 0 Å². The van der Waals surface area contributed by atoms with Crippen molar-refractivity contribution < 1.29 is 14.7 Å². The van der Waals surface area contributed by atoms with Crippen molar-refractivity contribution in [2.45, 2.75) is 12.8 Å². The Labute approximate surface area is 86.9 Å². The summed E-state index contributed by atoms with van der Waals surface area (Å²) in [5.74, 6) is -0.618. The molecular weight excluding hydrogens is 202 g/mol. The summed E-state index contributed by atoms with van der Waals surface area (Å²) in [6.45, 7) is 0.379. The van der Waals surface area contributed by atoms with E-state index in [1.165, 1.54) is 12.7 Å². The molecule has 0 aliphatic heterocycles. The van der Waals surface area contributed by atoms with Crippen molar-refractivity contribution in [3.8, 4) is 0 Å². The first-order valence-electron chi connectivity index (χ1n) is 4.21. The van der Waals surface area contributed by atoms with Gasteiger partial charge in [0.1, 0.15) is 5.71 Å². The van der Waals surface area contributed by atoms with Crippen molar-refractivity contribution in [3.63, 3.8) is 0 Å². The van der Waals surface area contributed by atoms with E-state index >= 15 is 0 Å². The topological polar surface area (TPSA) is 135 Å². The first-order chi connectivity index (χ1) is 7.11. The van der Waals surface area contributed by atoms with Crippen LogP contribution in [0.1, 0.15) is 12.8 Å². The summed E-state index contributed by atoms with van der Waals surface area (Å²) >= 11 is 0. The first-order valence-corrected chi connectivity index (χ1v) is 4.21. The molecule has 6 N–H and O–H groups in total. The van der Waals surface area contributed by atoms with E-state index in [9.17, 15) is 4.79 Å².